The predicted octanol–water partition coefficient (Wildman–Crippen LogP) is 2.23. The molecule has 1 fully saturated rings. The molecule has 1 saturated heterocycles. The van der Waals surface area contributed by atoms with Gasteiger partial charge in [-0.15, -0.1) is 0 Å². The molecule has 0 saturated carbocycles. The summed E-state index contributed by atoms with van der Waals surface area (Å²) in [5.74, 6) is 2.93. The second-order valence-corrected chi connectivity index (χ2v) is 6.84. The molecule has 0 spiro atoms. The second kappa shape index (κ2) is 11.4. The van der Waals surface area contributed by atoms with Gasteiger partial charge in [-0.25, -0.2) is 4.98 Å². The van der Waals surface area contributed by atoms with Crippen LogP contribution in [0.15, 0.2) is 24.3 Å². The van der Waals surface area contributed by atoms with E-state index in [0.717, 1.165) is 18.9 Å². The second-order valence-electron chi connectivity index (χ2n) is 6.84. The van der Waals surface area contributed by atoms with E-state index >= 15 is 0 Å². The zero-order valence-corrected chi connectivity index (χ0v) is 18.3. The van der Waals surface area contributed by atoms with Crippen LogP contribution in [-0.2, 0) is 4.74 Å². The average Bonchev–Trinajstić information content (AvgIpc) is 2.78. The highest BCUT2D eigenvalue weighted by Gasteiger charge is 2.15. The van der Waals surface area contributed by atoms with Gasteiger partial charge in [-0.1, -0.05) is 0 Å². The van der Waals surface area contributed by atoms with Gasteiger partial charge in [0, 0.05) is 24.7 Å². The van der Waals surface area contributed by atoms with Gasteiger partial charge in [0.05, 0.1) is 33.0 Å². The average molecular weight is 431 g/mol. The Hall–Kier alpha value is -3.07. The number of amides is 1. The molecule has 1 aliphatic heterocycles. The molecule has 9 nitrogen and oxygen atoms in total. The maximum Gasteiger partial charge on any atom is 0.251 e. The summed E-state index contributed by atoms with van der Waals surface area (Å²) in [6.45, 7) is 10.2. The Morgan fingerprint density at radius 2 is 1.81 bits per heavy atom. The molecule has 0 radical (unpaired) electrons. The molecule has 0 atom stereocenters. The number of anilines is 1. The van der Waals surface area contributed by atoms with Crippen LogP contribution in [0.2, 0.25) is 0 Å². The molecule has 1 aliphatic rings. The Bertz CT molecular complexity index is 871. The summed E-state index contributed by atoms with van der Waals surface area (Å²) in [5, 5.41) is 2.85. The number of aromatic nitrogens is 2. The number of aryl methyl sites for hydroxylation is 1. The van der Waals surface area contributed by atoms with Crippen molar-refractivity contribution in [3.05, 3.63) is 35.7 Å². The topological polar surface area (TPSA) is 95.0 Å². The smallest absolute Gasteiger partial charge is 0.251 e. The van der Waals surface area contributed by atoms with E-state index < -0.39 is 0 Å². The summed E-state index contributed by atoms with van der Waals surface area (Å²) in [5.41, 5.74) is 0.499. The maximum atomic E-state index is 12.5. The molecule has 0 aliphatic carbocycles. The van der Waals surface area contributed by atoms with Gasteiger partial charge in [-0.2, -0.15) is 4.98 Å². The fourth-order valence-corrected chi connectivity index (χ4v) is 3.17. The lowest BCUT2D eigenvalue weighted by Gasteiger charge is -2.28. The third kappa shape index (κ3) is 6.45. The van der Waals surface area contributed by atoms with Crippen molar-refractivity contribution in [3.8, 4) is 17.4 Å². The van der Waals surface area contributed by atoms with E-state index in [9.17, 15) is 4.79 Å². The van der Waals surface area contributed by atoms with Crippen molar-refractivity contribution in [2.24, 2.45) is 0 Å². The lowest BCUT2D eigenvalue weighted by Crippen LogP contribution is -2.37. The van der Waals surface area contributed by atoms with Crippen molar-refractivity contribution in [3.63, 3.8) is 0 Å². The first-order valence-corrected chi connectivity index (χ1v) is 10.6. The largest absolute Gasteiger partial charge is 0.490 e. The molecular formula is C22H30N4O5. The van der Waals surface area contributed by atoms with Gasteiger partial charge in [0.25, 0.3) is 5.91 Å². The minimum Gasteiger partial charge on any atom is -0.490 e. The third-order valence-corrected chi connectivity index (χ3v) is 4.58. The highest BCUT2D eigenvalue weighted by Crippen LogP contribution is 2.28. The van der Waals surface area contributed by atoms with E-state index in [4.69, 9.17) is 18.9 Å². The summed E-state index contributed by atoms with van der Waals surface area (Å²) < 4.78 is 22.3. The van der Waals surface area contributed by atoms with Gasteiger partial charge in [-0.05, 0) is 39.0 Å². The minimum absolute atomic E-state index is 0.208. The van der Waals surface area contributed by atoms with Crippen LogP contribution in [0.3, 0.4) is 0 Å². The highest BCUT2D eigenvalue weighted by atomic mass is 16.5. The standard InChI is InChI=1S/C22H30N4O5/c1-4-29-18-7-6-17(14-19(18)30-5-2)22(27)23-8-11-31-21-15-20(24-16(3)25-21)26-9-12-28-13-10-26/h6-7,14-15H,4-5,8-13H2,1-3H3,(H,23,27). The van der Waals surface area contributed by atoms with Crippen LogP contribution >= 0.6 is 0 Å². The van der Waals surface area contributed by atoms with Crippen molar-refractivity contribution >= 4 is 11.7 Å². The Kier molecular flexibility index (Phi) is 8.28. The van der Waals surface area contributed by atoms with E-state index in [1.165, 1.54) is 0 Å². The molecule has 1 amide bonds. The van der Waals surface area contributed by atoms with Crippen molar-refractivity contribution < 1.29 is 23.7 Å². The predicted molar refractivity (Wildman–Crippen MR) is 116 cm³/mol. The zero-order valence-electron chi connectivity index (χ0n) is 18.3. The molecule has 168 valence electrons. The first kappa shape index (κ1) is 22.6. The molecule has 31 heavy (non-hydrogen) atoms. The Morgan fingerprint density at radius 1 is 1.06 bits per heavy atom. The number of carbonyl (C=O) groups excluding carboxylic acids is 1. The van der Waals surface area contributed by atoms with E-state index in [0.29, 0.717) is 68.3 Å². The van der Waals surface area contributed by atoms with E-state index in [2.05, 4.69) is 20.2 Å². The van der Waals surface area contributed by atoms with Gasteiger partial charge >= 0.3 is 0 Å². The lowest BCUT2D eigenvalue weighted by atomic mass is 10.2. The first-order valence-electron chi connectivity index (χ1n) is 10.6. The number of hydrogen-bond acceptors (Lipinski definition) is 8. The monoisotopic (exact) mass is 430 g/mol. The van der Waals surface area contributed by atoms with E-state index in [1.807, 2.05) is 26.8 Å². The van der Waals surface area contributed by atoms with Crippen LogP contribution < -0.4 is 24.4 Å². The molecule has 2 heterocycles. The number of hydrogen-bond donors (Lipinski definition) is 1. The number of rotatable bonds is 10. The molecule has 1 N–H and O–H groups in total. The van der Waals surface area contributed by atoms with Gasteiger partial charge in [0.2, 0.25) is 5.88 Å². The SMILES string of the molecule is CCOc1ccc(C(=O)NCCOc2cc(N3CCOCC3)nc(C)n2)cc1OCC. The normalized spacial score (nSPS) is 13.6. The van der Waals surface area contributed by atoms with Crippen LogP contribution in [0.5, 0.6) is 17.4 Å². The van der Waals surface area contributed by atoms with E-state index in [1.54, 1.807) is 18.2 Å². The molecule has 0 bridgehead atoms. The van der Waals surface area contributed by atoms with Gasteiger partial charge < -0.3 is 29.2 Å². The fraction of sp³-hybridized carbons (Fsp3) is 0.500. The molecule has 3 rings (SSSR count). The number of benzene rings is 1. The molecule has 1 aromatic heterocycles. The van der Waals surface area contributed by atoms with E-state index in [-0.39, 0.29) is 5.91 Å². The number of nitrogens with zero attached hydrogens (tertiary/aromatic N) is 3. The van der Waals surface area contributed by atoms with Crippen LogP contribution in [0.4, 0.5) is 5.82 Å². The Morgan fingerprint density at radius 3 is 2.55 bits per heavy atom. The molecular weight excluding hydrogens is 400 g/mol. The van der Waals surface area contributed by atoms with Gasteiger partial charge in [0.1, 0.15) is 18.2 Å². The third-order valence-electron chi connectivity index (χ3n) is 4.58. The molecule has 2 aromatic rings. The van der Waals surface area contributed by atoms with Crippen molar-refractivity contribution in [1.82, 2.24) is 15.3 Å². The quantitative estimate of drug-likeness (QED) is 0.574. The summed E-state index contributed by atoms with van der Waals surface area (Å²) in [6.07, 6.45) is 0. The van der Waals surface area contributed by atoms with Crippen molar-refractivity contribution in [1.29, 1.82) is 0 Å². The van der Waals surface area contributed by atoms with Crippen LogP contribution in [0.1, 0.15) is 30.0 Å². The highest BCUT2D eigenvalue weighted by molar-refractivity contribution is 5.94. The summed E-state index contributed by atoms with van der Waals surface area (Å²) in [6, 6.07) is 6.97. The number of morpholine rings is 1. The van der Waals surface area contributed by atoms with Crippen molar-refractivity contribution in [2.75, 3.05) is 57.6 Å². The summed E-state index contributed by atoms with van der Waals surface area (Å²) >= 11 is 0. The van der Waals surface area contributed by atoms with Crippen LogP contribution in [-0.4, -0.2) is 68.5 Å². The van der Waals surface area contributed by atoms with Gasteiger partial charge in [0.15, 0.2) is 11.5 Å². The molecule has 0 unspecified atom stereocenters. The Labute approximate surface area is 182 Å². The summed E-state index contributed by atoms with van der Waals surface area (Å²) in [4.78, 5) is 23.4. The fourth-order valence-electron chi connectivity index (χ4n) is 3.17. The molecule has 1 aromatic carbocycles. The minimum atomic E-state index is -0.208. The number of carbonyl (C=O) groups is 1. The maximum absolute atomic E-state index is 12.5. The Balaban J connectivity index is 1.53. The molecule has 9 heteroatoms. The summed E-state index contributed by atoms with van der Waals surface area (Å²) in [7, 11) is 0. The number of nitrogens with one attached hydrogen (secondary N) is 1. The van der Waals surface area contributed by atoms with Crippen molar-refractivity contribution in [2.45, 2.75) is 20.8 Å². The number of ether oxygens (including phenoxy) is 4. The first-order chi connectivity index (χ1) is 15.1. The van der Waals surface area contributed by atoms with Crippen LogP contribution in [0.25, 0.3) is 0 Å². The lowest BCUT2D eigenvalue weighted by molar-refractivity contribution is 0.0946. The van der Waals surface area contributed by atoms with Crippen LogP contribution in [0, 0.1) is 6.92 Å². The van der Waals surface area contributed by atoms with Gasteiger partial charge in [-0.3, -0.25) is 4.79 Å². The zero-order chi connectivity index (χ0) is 22.1.